The van der Waals surface area contributed by atoms with Crippen LogP contribution in [0.15, 0.2) is 35.2 Å². The molecule has 0 spiro atoms. The van der Waals surface area contributed by atoms with Gasteiger partial charge in [0.1, 0.15) is 0 Å². The molecular weight excluding hydrogens is 290 g/mol. The van der Waals surface area contributed by atoms with Crippen LogP contribution in [0.3, 0.4) is 0 Å². The molecule has 0 aliphatic carbocycles. The van der Waals surface area contributed by atoms with Gasteiger partial charge >= 0.3 is 0 Å². The summed E-state index contributed by atoms with van der Waals surface area (Å²) < 4.78 is 0. The lowest BCUT2D eigenvalue weighted by molar-refractivity contribution is -0.121. The maximum atomic E-state index is 11.6. The van der Waals surface area contributed by atoms with Gasteiger partial charge in [-0.3, -0.25) is 15.6 Å². The summed E-state index contributed by atoms with van der Waals surface area (Å²) in [5.74, 6) is 0.656. The van der Waals surface area contributed by atoms with E-state index in [9.17, 15) is 4.79 Å². The van der Waals surface area contributed by atoms with Crippen LogP contribution in [0, 0.1) is 0 Å². The molecule has 0 heterocycles. The first-order valence-corrected chi connectivity index (χ1v) is 7.81. The smallest absolute Gasteiger partial charge is 0.239 e. The Balaban J connectivity index is 2.16. The van der Waals surface area contributed by atoms with Gasteiger partial charge in [0.15, 0.2) is 5.11 Å². The van der Waals surface area contributed by atoms with Gasteiger partial charge in [0.2, 0.25) is 5.91 Å². The first-order chi connectivity index (χ1) is 9.37. The van der Waals surface area contributed by atoms with E-state index in [4.69, 9.17) is 12.2 Å². The zero-order chi connectivity index (χ0) is 15.0. The first-order valence-electron chi connectivity index (χ1n) is 6.42. The van der Waals surface area contributed by atoms with Crippen LogP contribution in [0.1, 0.15) is 27.2 Å². The highest BCUT2D eigenvalue weighted by atomic mass is 32.2. The number of thiocarbonyl (C=S) groups is 1. The maximum Gasteiger partial charge on any atom is 0.239 e. The summed E-state index contributed by atoms with van der Waals surface area (Å²) in [5, 5.41) is 3.47. The summed E-state index contributed by atoms with van der Waals surface area (Å²) in [6, 6.07) is 10.0. The number of hydrazine groups is 1. The molecule has 0 aromatic heterocycles. The van der Waals surface area contributed by atoms with Gasteiger partial charge in [-0.1, -0.05) is 18.2 Å². The van der Waals surface area contributed by atoms with Crippen molar-refractivity contribution in [3.05, 3.63) is 30.3 Å². The molecule has 0 aliphatic rings. The van der Waals surface area contributed by atoms with E-state index in [-0.39, 0.29) is 11.4 Å². The maximum absolute atomic E-state index is 11.6. The highest BCUT2D eigenvalue weighted by Crippen LogP contribution is 2.17. The van der Waals surface area contributed by atoms with Crippen LogP contribution in [0.4, 0.5) is 0 Å². The van der Waals surface area contributed by atoms with Gasteiger partial charge in [0.05, 0.1) is 0 Å². The van der Waals surface area contributed by atoms with Gasteiger partial charge in [0, 0.05) is 22.6 Å². The van der Waals surface area contributed by atoms with Crippen LogP contribution in [0.2, 0.25) is 0 Å². The lowest BCUT2D eigenvalue weighted by atomic mass is 10.1. The molecule has 0 atom stereocenters. The molecule has 0 unspecified atom stereocenters. The minimum absolute atomic E-state index is 0.0773. The Morgan fingerprint density at radius 1 is 1.20 bits per heavy atom. The van der Waals surface area contributed by atoms with Gasteiger partial charge in [0.25, 0.3) is 0 Å². The quantitative estimate of drug-likeness (QED) is 0.453. The third-order valence-electron chi connectivity index (χ3n) is 2.15. The third-order valence-corrected chi connectivity index (χ3v) is 3.36. The number of carbonyl (C=O) groups is 1. The van der Waals surface area contributed by atoms with Gasteiger partial charge in [-0.2, -0.15) is 0 Å². The molecule has 0 aliphatic heterocycles. The Kier molecular flexibility index (Phi) is 6.81. The summed E-state index contributed by atoms with van der Waals surface area (Å²) in [4.78, 5) is 12.8. The van der Waals surface area contributed by atoms with E-state index in [1.807, 2.05) is 51.1 Å². The molecule has 20 heavy (non-hydrogen) atoms. The lowest BCUT2D eigenvalue weighted by Gasteiger charge is -2.23. The molecule has 0 saturated heterocycles. The van der Waals surface area contributed by atoms with Gasteiger partial charge < -0.3 is 5.32 Å². The van der Waals surface area contributed by atoms with Crippen molar-refractivity contribution in [3.8, 4) is 0 Å². The van der Waals surface area contributed by atoms with Crippen LogP contribution in [-0.2, 0) is 4.79 Å². The highest BCUT2D eigenvalue weighted by Gasteiger charge is 2.11. The van der Waals surface area contributed by atoms with Crippen molar-refractivity contribution in [1.82, 2.24) is 16.2 Å². The predicted molar refractivity (Wildman–Crippen MR) is 88.5 cm³/mol. The summed E-state index contributed by atoms with van der Waals surface area (Å²) >= 11 is 6.72. The SMILES string of the molecule is CC(C)(C)NC(=S)NNC(=O)CCSc1ccccc1. The number of amides is 1. The number of hydrogen-bond acceptors (Lipinski definition) is 3. The van der Waals surface area contributed by atoms with E-state index in [0.717, 1.165) is 10.6 Å². The van der Waals surface area contributed by atoms with Crippen LogP contribution < -0.4 is 16.2 Å². The topological polar surface area (TPSA) is 53.2 Å². The number of benzene rings is 1. The normalized spacial score (nSPS) is 10.8. The van der Waals surface area contributed by atoms with E-state index < -0.39 is 0 Å². The van der Waals surface area contributed by atoms with E-state index in [0.29, 0.717) is 11.5 Å². The summed E-state index contributed by atoms with van der Waals surface area (Å²) in [7, 11) is 0. The van der Waals surface area contributed by atoms with E-state index in [2.05, 4.69) is 16.2 Å². The van der Waals surface area contributed by atoms with Crippen molar-refractivity contribution in [2.75, 3.05) is 5.75 Å². The van der Waals surface area contributed by atoms with Crippen molar-refractivity contribution < 1.29 is 4.79 Å². The van der Waals surface area contributed by atoms with Crippen molar-refractivity contribution in [2.24, 2.45) is 0 Å². The second kappa shape index (κ2) is 8.11. The van der Waals surface area contributed by atoms with Crippen molar-refractivity contribution in [1.29, 1.82) is 0 Å². The first kappa shape index (κ1) is 16.8. The molecule has 6 heteroatoms. The largest absolute Gasteiger partial charge is 0.357 e. The Bertz CT molecular complexity index is 443. The van der Waals surface area contributed by atoms with E-state index in [1.165, 1.54) is 0 Å². The Hall–Kier alpha value is -1.27. The van der Waals surface area contributed by atoms with Crippen LogP contribution in [0.5, 0.6) is 0 Å². The fourth-order valence-corrected chi connectivity index (χ4v) is 2.57. The van der Waals surface area contributed by atoms with E-state index in [1.54, 1.807) is 11.8 Å². The molecule has 1 aromatic rings. The molecule has 1 aromatic carbocycles. The minimum atomic E-state index is -0.127. The molecule has 0 fully saturated rings. The number of thioether (sulfide) groups is 1. The molecule has 0 radical (unpaired) electrons. The van der Waals surface area contributed by atoms with Crippen LogP contribution in [0.25, 0.3) is 0 Å². The Labute approximate surface area is 130 Å². The summed E-state index contributed by atoms with van der Waals surface area (Å²) in [5.41, 5.74) is 5.16. The van der Waals surface area contributed by atoms with Crippen LogP contribution in [-0.4, -0.2) is 22.3 Å². The second-order valence-electron chi connectivity index (χ2n) is 5.29. The Morgan fingerprint density at radius 3 is 2.45 bits per heavy atom. The number of nitrogens with one attached hydrogen (secondary N) is 3. The van der Waals surface area contributed by atoms with E-state index >= 15 is 0 Å². The average Bonchev–Trinajstić information content (AvgIpc) is 2.36. The molecule has 0 bridgehead atoms. The molecular formula is C14H21N3OS2. The number of carbonyl (C=O) groups excluding carboxylic acids is 1. The lowest BCUT2D eigenvalue weighted by Crippen LogP contribution is -2.52. The number of hydrogen-bond donors (Lipinski definition) is 3. The minimum Gasteiger partial charge on any atom is -0.357 e. The fraction of sp³-hybridized carbons (Fsp3) is 0.429. The van der Waals surface area contributed by atoms with Crippen molar-refractivity contribution in [2.45, 2.75) is 37.6 Å². The zero-order valence-corrected chi connectivity index (χ0v) is 13.7. The monoisotopic (exact) mass is 311 g/mol. The number of rotatable bonds is 4. The molecule has 4 nitrogen and oxygen atoms in total. The fourth-order valence-electron chi connectivity index (χ4n) is 1.34. The third kappa shape index (κ3) is 8.01. The van der Waals surface area contributed by atoms with Crippen LogP contribution >= 0.6 is 24.0 Å². The molecule has 1 rings (SSSR count). The summed E-state index contributed by atoms with van der Waals surface area (Å²) in [6.07, 6.45) is 0.435. The standard InChI is InChI=1S/C14H21N3OS2/c1-14(2,3)15-13(19)17-16-12(18)9-10-20-11-7-5-4-6-8-11/h4-8H,9-10H2,1-3H3,(H,16,18)(H2,15,17,19). The molecule has 3 N–H and O–H groups in total. The predicted octanol–water partition coefficient (Wildman–Crippen LogP) is 2.46. The van der Waals surface area contributed by atoms with Gasteiger partial charge in [-0.25, -0.2) is 0 Å². The zero-order valence-electron chi connectivity index (χ0n) is 12.0. The molecule has 0 saturated carbocycles. The molecule has 110 valence electrons. The Morgan fingerprint density at radius 2 is 1.85 bits per heavy atom. The molecule has 1 amide bonds. The van der Waals surface area contributed by atoms with Gasteiger partial charge in [-0.15, -0.1) is 11.8 Å². The average molecular weight is 311 g/mol. The highest BCUT2D eigenvalue weighted by molar-refractivity contribution is 7.99. The summed E-state index contributed by atoms with van der Waals surface area (Å²) in [6.45, 7) is 6.00. The van der Waals surface area contributed by atoms with Crippen molar-refractivity contribution >= 4 is 35.0 Å². The van der Waals surface area contributed by atoms with Gasteiger partial charge in [-0.05, 0) is 45.1 Å². The van der Waals surface area contributed by atoms with Crippen molar-refractivity contribution in [3.63, 3.8) is 0 Å². The second-order valence-corrected chi connectivity index (χ2v) is 6.87.